The summed E-state index contributed by atoms with van der Waals surface area (Å²) in [6.07, 6.45) is 10.1. The van der Waals surface area contributed by atoms with E-state index in [1.54, 1.807) is 0 Å². The van der Waals surface area contributed by atoms with Gasteiger partial charge in [0.05, 0.1) is 6.20 Å². The van der Waals surface area contributed by atoms with E-state index >= 15 is 0 Å². The topological polar surface area (TPSA) is 66.0 Å². The Morgan fingerprint density at radius 2 is 1.88 bits per heavy atom. The van der Waals surface area contributed by atoms with Crippen LogP contribution >= 0.6 is 0 Å². The highest BCUT2D eigenvalue weighted by Crippen LogP contribution is 2.28. The van der Waals surface area contributed by atoms with Gasteiger partial charge in [0.1, 0.15) is 11.5 Å². The van der Waals surface area contributed by atoms with Crippen LogP contribution < -0.4 is 0 Å². The SMILES string of the molecule is O=C(O)c1cnc(C2CCCCCCC2)[nH]1. The molecular weight excluding hydrogens is 204 g/mol. The number of rotatable bonds is 2. The number of carboxylic acid groups (broad SMARTS) is 1. The summed E-state index contributed by atoms with van der Waals surface area (Å²) in [7, 11) is 0. The second-order valence-electron chi connectivity index (χ2n) is 4.53. The second-order valence-corrected chi connectivity index (χ2v) is 4.53. The molecule has 0 unspecified atom stereocenters. The van der Waals surface area contributed by atoms with Crippen LogP contribution in [0.5, 0.6) is 0 Å². The van der Waals surface area contributed by atoms with E-state index in [-0.39, 0.29) is 5.69 Å². The van der Waals surface area contributed by atoms with Gasteiger partial charge in [-0.3, -0.25) is 0 Å². The Morgan fingerprint density at radius 3 is 2.44 bits per heavy atom. The van der Waals surface area contributed by atoms with Gasteiger partial charge in [-0.05, 0) is 12.8 Å². The zero-order valence-electron chi connectivity index (χ0n) is 9.41. The van der Waals surface area contributed by atoms with Gasteiger partial charge < -0.3 is 10.1 Å². The minimum atomic E-state index is -0.926. The highest BCUT2D eigenvalue weighted by Gasteiger charge is 2.17. The quantitative estimate of drug-likeness (QED) is 0.808. The highest BCUT2D eigenvalue weighted by atomic mass is 16.4. The first kappa shape index (κ1) is 11.2. The lowest BCUT2D eigenvalue weighted by molar-refractivity contribution is 0.0691. The van der Waals surface area contributed by atoms with Crippen molar-refractivity contribution < 1.29 is 9.90 Å². The molecule has 4 nitrogen and oxygen atoms in total. The van der Waals surface area contributed by atoms with E-state index in [1.807, 2.05) is 0 Å². The van der Waals surface area contributed by atoms with E-state index in [9.17, 15) is 4.79 Å². The van der Waals surface area contributed by atoms with Gasteiger partial charge in [0, 0.05) is 5.92 Å². The minimum absolute atomic E-state index is 0.206. The number of aromatic amines is 1. The van der Waals surface area contributed by atoms with Crippen molar-refractivity contribution in [1.82, 2.24) is 9.97 Å². The van der Waals surface area contributed by atoms with Crippen LogP contribution in [0.2, 0.25) is 0 Å². The van der Waals surface area contributed by atoms with Crippen LogP contribution in [0.15, 0.2) is 6.20 Å². The van der Waals surface area contributed by atoms with Gasteiger partial charge in [0.2, 0.25) is 0 Å². The average molecular weight is 222 g/mol. The van der Waals surface area contributed by atoms with E-state index in [1.165, 1.54) is 38.3 Å². The van der Waals surface area contributed by atoms with Crippen molar-refractivity contribution in [3.8, 4) is 0 Å². The van der Waals surface area contributed by atoms with Crippen molar-refractivity contribution in [2.75, 3.05) is 0 Å². The summed E-state index contributed by atoms with van der Waals surface area (Å²) in [5.74, 6) is 0.359. The molecule has 1 fully saturated rings. The summed E-state index contributed by atoms with van der Waals surface area (Å²) in [6, 6.07) is 0. The van der Waals surface area contributed by atoms with Crippen molar-refractivity contribution in [3.63, 3.8) is 0 Å². The van der Waals surface area contributed by atoms with Crippen LogP contribution in [0.1, 0.15) is 67.2 Å². The number of H-pyrrole nitrogens is 1. The van der Waals surface area contributed by atoms with Gasteiger partial charge >= 0.3 is 5.97 Å². The van der Waals surface area contributed by atoms with E-state index in [0.29, 0.717) is 5.92 Å². The number of aromatic carboxylic acids is 1. The largest absolute Gasteiger partial charge is 0.477 e. The Balaban J connectivity index is 2.05. The molecule has 0 saturated heterocycles. The minimum Gasteiger partial charge on any atom is -0.477 e. The maximum absolute atomic E-state index is 10.7. The fraction of sp³-hybridized carbons (Fsp3) is 0.667. The fourth-order valence-corrected chi connectivity index (χ4v) is 2.38. The van der Waals surface area contributed by atoms with Crippen LogP contribution in [0, 0.1) is 0 Å². The van der Waals surface area contributed by atoms with Gasteiger partial charge in [-0.25, -0.2) is 9.78 Å². The first-order valence-corrected chi connectivity index (χ1v) is 6.05. The summed E-state index contributed by atoms with van der Waals surface area (Å²) >= 11 is 0. The Hall–Kier alpha value is -1.32. The van der Waals surface area contributed by atoms with Gasteiger partial charge in [0.25, 0.3) is 0 Å². The standard InChI is InChI=1S/C12H18N2O2/c15-12(16)10-8-13-11(14-10)9-6-4-2-1-3-5-7-9/h8-9H,1-7H2,(H,13,14)(H,15,16). The zero-order valence-corrected chi connectivity index (χ0v) is 9.41. The van der Waals surface area contributed by atoms with E-state index in [2.05, 4.69) is 9.97 Å². The predicted molar refractivity (Wildman–Crippen MR) is 60.6 cm³/mol. The fourth-order valence-electron chi connectivity index (χ4n) is 2.38. The molecule has 88 valence electrons. The molecule has 2 N–H and O–H groups in total. The lowest BCUT2D eigenvalue weighted by Crippen LogP contribution is -2.05. The Labute approximate surface area is 95.1 Å². The summed E-state index contributed by atoms with van der Waals surface area (Å²) < 4.78 is 0. The molecule has 0 radical (unpaired) electrons. The monoisotopic (exact) mass is 222 g/mol. The van der Waals surface area contributed by atoms with E-state index in [4.69, 9.17) is 5.11 Å². The highest BCUT2D eigenvalue weighted by molar-refractivity contribution is 5.85. The van der Waals surface area contributed by atoms with Gasteiger partial charge in [-0.15, -0.1) is 0 Å². The van der Waals surface area contributed by atoms with Crippen LogP contribution in [0.3, 0.4) is 0 Å². The molecule has 1 aromatic heterocycles. The smallest absolute Gasteiger partial charge is 0.353 e. The summed E-state index contributed by atoms with van der Waals surface area (Å²) in [5, 5.41) is 8.83. The summed E-state index contributed by atoms with van der Waals surface area (Å²) in [5.41, 5.74) is 0.206. The summed E-state index contributed by atoms with van der Waals surface area (Å²) in [4.78, 5) is 17.9. The number of imidazole rings is 1. The predicted octanol–water partition coefficient (Wildman–Crippen LogP) is 2.94. The van der Waals surface area contributed by atoms with Gasteiger partial charge in [0.15, 0.2) is 0 Å². The molecule has 16 heavy (non-hydrogen) atoms. The van der Waals surface area contributed by atoms with Crippen molar-refractivity contribution in [2.24, 2.45) is 0 Å². The number of carboxylic acids is 1. The zero-order chi connectivity index (χ0) is 11.4. The molecule has 0 bridgehead atoms. The van der Waals surface area contributed by atoms with E-state index < -0.39 is 5.97 Å². The summed E-state index contributed by atoms with van der Waals surface area (Å²) in [6.45, 7) is 0. The molecular formula is C12H18N2O2. The third-order valence-corrected chi connectivity index (χ3v) is 3.32. The molecule has 4 heteroatoms. The first-order valence-electron chi connectivity index (χ1n) is 6.05. The van der Waals surface area contributed by atoms with Crippen molar-refractivity contribution in [1.29, 1.82) is 0 Å². The molecule has 0 aliphatic heterocycles. The molecule has 0 atom stereocenters. The number of carbonyl (C=O) groups is 1. The van der Waals surface area contributed by atoms with Crippen LogP contribution in [0.4, 0.5) is 0 Å². The second kappa shape index (κ2) is 5.14. The maximum Gasteiger partial charge on any atom is 0.353 e. The third-order valence-electron chi connectivity index (χ3n) is 3.32. The molecule has 1 aromatic rings. The number of aromatic nitrogens is 2. The van der Waals surface area contributed by atoms with Gasteiger partial charge in [-0.2, -0.15) is 0 Å². The Bertz CT molecular complexity index is 352. The van der Waals surface area contributed by atoms with Crippen LogP contribution in [-0.2, 0) is 0 Å². The molecule has 0 amide bonds. The maximum atomic E-state index is 10.7. The van der Waals surface area contributed by atoms with Crippen molar-refractivity contribution >= 4 is 5.97 Å². The molecule has 2 rings (SSSR count). The molecule has 1 aliphatic carbocycles. The molecule has 1 aliphatic rings. The Morgan fingerprint density at radius 1 is 1.25 bits per heavy atom. The number of nitrogens with one attached hydrogen (secondary N) is 1. The number of hydrogen-bond donors (Lipinski definition) is 2. The molecule has 1 heterocycles. The van der Waals surface area contributed by atoms with Crippen molar-refractivity contribution in [2.45, 2.75) is 50.9 Å². The molecule has 1 saturated carbocycles. The molecule has 0 aromatic carbocycles. The van der Waals surface area contributed by atoms with Crippen LogP contribution in [0.25, 0.3) is 0 Å². The normalized spacial score (nSPS) is 19.0. The van der Waals surface area contributed by atoms with Crippen molar-refractivity contribution in [3.05, 3.63) is 17.7 Å². The third kappa shape index (κ3) is 2.62. The van der Waals surface area contributed by atoms with E-state index in [0.717, 1.165) is 18.7 Å². The number of nitrogens with zero attached hydrogens (tertiary/aromatic N) is 1. The Kier molecular flexibility index (Phi) is 3.59. The average Bonchev–Trinajstić information content (AvgIpc) is 2.66. The van der Waals surface area contributed by atoms with Crippen LogP contribution in [-0.4, -0.2) is 21.0 Å². The molecule has 0 spiro atoms. The number of hydrogen-bond acceptors (Lipinski definition) is 2. The van der Waals surface area contributed by atoms with Gasteiger partial charge in [-0.1, -0.05) is 32.1 Å². The lowest BCUT2D eigenvalue weighted by Gasteiger charge is -2.17. The first-order chi connectivity index (χ1) is 7.77. The lowest BCUT2D eigenvalue weighted by atomic mass is 9.91.